The summed E-state index contributed by atoms with van der Waals surface area (Å²) in [5.41, 5.74) is 1.04. The average Bonchev–Trinajstić information content (AvgIpc) is 2.96. The molecule has 0 unspecified atom stereocenters. The van der Waals surface area contributed by atoms with Gasteiger partial charge in [-0.25, -0.2) is 0 Å². The average molecular weight is 330 g/mol. The lowest BCUT2D eigenvalue weighted by Gasteiger charge is -2.13. The first-order valence-corrected chi connectivity index (χ1v) is 7.63. The van der Waals surface area contributed by atoms with E-state index in [2.05, 4.69) is 5.32 Å². The molecule has 0 bridgehead atoms. The van der Waals surface area contributed by atoms with Crippen LogP contribution in [0.25, 0.3) is 0 Å². The van der Waals surface area contributed by atoms with Crippen LogP contribution >= 0.6 is 11.3 Å². The fourth-order valence-electron chi connectivity index (χ4n) is 1.78. The Bertz CT molecular complexity index is 746. The number of benzene rings is 1. The Morgan fingerprint density at radius 3 is 2.70 bits per heavy atom. The zero-order valence-corrected chi connectivity index (χ0v) is 13.1. The monoisotopic (exact) mass is 330 g/mol. The minimum atomic E-state index is -0.978. The van der Waals surface area contributed by atoms with E-state index < -0.39 is 18.0 Å². The third kappa shape index (κ3) is 4.56. The molecule has 0 aliphatic heterocycles. The lowest BCUT2D eigenvalue weighted by atomic mass is 10.1. The number of esters is 1. The molecule has 0 saturated carbocycles. The van der Waals surface area contributed by atoms with Crippen molar-refractivity contribution in [3.63, 3.8) is 0 Å². The number of carbonyl (C=O) groups excluding carboxylic acids is 2. The number of rotatable bonds is 5. The van der Waals surface area contributed by atoms with Crippen LogP contribution < -0.4 is 5.32 Å². The van der Waals surface area contributed by atoms with Gasteiger partial charge >= 0.3 is 5.97 Å². The van der Waals surface area contributed by atoms with E-state index in [1.807, 2.05) is 6.07 Å². The summed E-state index contributed by atoms with van der Waals surface area (Å²) in [5, 5.41) is 22.8. The molecule has 2 N–H and O–H groups in total. The van der Waals surface area contributed by atoms with Crippen LogP contribution in [-0.4, -0.2) is 23.1 Å². The second kappa shape index (κ2) is 7.42. The Labute approximate surface area is 136 Å². The van der Waals surface area contributed by atoms with Crippen LogP contribution in [0.2, 0.25) is 0 Å². The maximum atomic E-state index is 12.0. The van der Waals surface area contributed by atoms with E-state index >= 15 is 0 Å². The summed E-state index contributed by atoms with van der Waals surface area (Å²) in [5.74, 6) is -0.938. The fraction of sp³-hybridized carbons (Fsp3) is 0.188. The molecule has 0 radical (unpaired) electrons. The SMILES string of the molecule is C[C@H](OC(=O)Cc1ccc(O)cc1)C(=O)Nc1sccc1C#N. The zero-order valence-electron chi connectivity index (χ0n) is 12.3. The molecular weight excluding hydrogens is 316 g/mol. The van der Waals surface area contributed by atoms with Crippen molar-refractivity contribution in [3.8, 4) is 11.8 Å². The molecular formula is C16H14N2O4S. The van der Waals surface area contributed by atoms with E-state index in [1.165, 1.54) is 30.4 Å². The van der Waals surface area contributed by atoms with Crippen molar-refractivity contribution in [1.29, 1.82) is 5.26 Å². The molecule has 1 aromatic heterocycles. The summed E-state index contributed by atoms with van der Waals surface area (Å²) in [6.45, 7) is 1.46. The maximum Gasteiger partial charge on any atom is 0.311 e. The van der Waals surface area contributed by atoms with Crippen LogP contribution in [0.5, 0.6) is 5.75 Å². The molecule has 6 nitrogen and oxygen atoms in total. The lowest BCUT2D eigenvalue weighted by Crippen LogP contribution is -2.30. The van der Waals surface area contributed by atoms with Gasteiger partial charge in [0.25, 0.3) is 5.91 Å². The molecule has 23 heavy (non-hydrogen) atoms. The highest BCUT2D eigenvalue weighted by Crippen LogP contribution is 2.22. The highest BCUT2D eigenvalue weighted by molar-refractivity contribution is 7.14. The summed E-state index contributed by atoms with van der Waals surface area (Å²) < 4.78 is 5.08. The number of nitrogens with one attached hydrogen (secondary N) is 1. The van der Waals surface area contributed by atoms with Gasteiger partial charge in [0.05, 0.1) is 12.0 Å². The maximum absolute atomic E-state index is 12.0. The number of anilines is 1. The molecule has 1 atom stereocenters. The molecule has 0 spiro atoms. The predicted molar refractivity (Wildman–Crippen MR) is 85.0 cm³/mol. The number of carbonyl (C=O) groups is 2. The summed E-state index contributed by atoms with van der Waals surface area (Å²) >= 11 is 1.22. The molecule has 1 aromatic carbocycles. The number of amides is 1. The highest BCUT2D eigenvalue weighted by atomic mass is 32.1. The Balaban J connectivity index is 1.89. The number of thiophene rings is 1. The fourth-order valence-corrected chi connectivity index (χ4v) is 2.52. The summed E-state index contributed by atoms with van der Waals surface area (Å²) in [6, 6.07) is 9.71. The van der Waals surface area contributed by atoms with Crippen molar-refractivity contribution in [2.24, 2.45) is 0 Å². The van der Waals surface area contributed by atoms with Crippen LogP contribution in [0.15, 0.2) is 35.7 Å². The molecule has 1 heterocycles. The molecule has 2 rings (SSSR count). The number of phenols is 1. The number of phenolic OH excluding ortho intramolecular Hbond substituents is 1. The van der Waals surface area contributed by atoms with Gasteiger partial charge in [-0.15, -0.1) is 11.3 Å². The van der Waals surface area contributed by atoms with Gasteiger partial charge < -0.3 is 15.2 Å². The molecule has 0 saturated heterocycles. The lowest BCUT2D eigenvalue weighted by molar-refractivity contribution is -0.152. The molecule has 118 valence electrons. The summed E-state index contributed by atoms with van der Waals surface area (Å²) in [6.07, 6.45) is -0.978. The zero-order chi connectivity index (χ0) is 16.8. The van der Waals surface area contributed by atoms with Crippen molar-refractivity contribution in [3.05, 3.63) is 46.8 Å². The number of ether oxygens (including phenoxy) is 1. The molecule has 0 aliphatic carbocycles. The Morgan fingerprint density at radius 1 is 1.35 bits per heavy atom. The van der Waals surface area contributed by atoms with Crippen molar-refractivity contribution in [2.75, 3.05) is 5.32 Å². The quantitative estimate of drug-likeness (QED) is 0.820. The van der Waals surface area contributed by atoms with Crippen LogP contribution in [0.4, 0.5) is 5.00 Å². The number of nitriles is 1. The first-order valence-electron chi connectivity index (χ1n) is 6.75. The van der Waals surface area contributed by atoms with Crippen molar-refractivity contribution >= 4 is 28.2 Å². The topological polar surface area (TPSA) is 99.4 Å². The van der Waals surface area contributed by atoms with Crippen LogP contribution in [0, 0.1) is 11.3 Å². The minimum absolute atomic E-state index is 0.000345. The van der Waals surface area contributed by atoms with Gasteiger partial charge in [-0.3, -0.25) is 9.59 Å². The van der Waals surface area contributed by atoms with Crippen LogP contribution in [0.1, 0.15) is 18.1 Å². The van der Waals surface area contributed by atoms with Crippen LogP contribution in [-0.2, 0) is 20.7 Å². The standard InChI is InChI=1S/C16H14N2O4S/c1-10(15(21)18-16-12(9-17)6-7-23-16)22-14(20)8-11-2-4-13(19)5-3-11/h2-7,10,19H,8H2,1H3,(H,18,21)/t10-/m0/s1. The van der Waals surface area contributed by atoms with E-state index in [0.717, 1.165) is 0 Å². The predicted octanol–water partition coefficient (Wildman–Crippen LogP) is 2.44. The van der Waals surface area contributed by atoms with Gasteiger partial charge in [-0.05, 0) is 36.1 Å². The minimum Gasteiger partial charge on any atom is -0.508 e. The normalized spacial score (nSPS) is 11.3. The molecule has 1 amide bonds. The molecule has 2 aromatic rings. The van der Waals surface area contributed by atoms with Crippen molar-refractivity contribution < 1.29 is 19.4 Å². The van der Waals surface area contributed by atoms with E-state index in [-0.39, 0.29) is 12.2 Å². The molecule has 7 heteroatoms. The van der Waals surface area contributed by atoms with Gasteiger partial charge in [0.1, 0.15) is 16.8 Å². The number of hydrogen-bond acceptors (Lipinski definition) is 6. The third-order valence-electron chi connectivity index (χ3n) is 2.98. The summed E-state index contributed by atoms with van der Waals surface area (Å²) in [4.78, 5) is 23.8. The van der Waals surface area contributed by atoms with E-state index in [0.29, 0.717) is 16.1 Å². The first kappa shape index (κ1) is 16.5. The van der Waals surface area contributed by atoms with Gasteiger partial charge in [0, 0.05) is 0 Å². The van der Waals surface area contributed by atoms with E-state index in [4.69, 9.17) is 10.00 Å². The number of hydrogen-bond donors (Lipinski definition) is 2. The summed E-state index contributed by atoms with van der Waals surface area (Å²) in [7, 11) is 0. The van der Waals surface area contributed by atoms with Gasteiger partial charge in [-0.2, -0.15) is 5.26 Å². The first-order chi connectivity index (χ1) is 11.0. The van der Waals surface area contributed by atoms with E-state index in [1.54, 1.807) is 23.6 Å². The van der Waals surface area contributed by atoms with E-state index in [9.17, 15) is 14.7 Å². The number of aromatic hydroxyl groups is 1. The van der Waals surface area contributed by atoms with Crippen LogP contribution in [0.3, 0.4) is 0 Å². The smallest absolute Gasteiger partial charge is 0.311 e. The molecule has 0 fully saturated rings. The Kier molecular flexibility index (Phi) is 5.33. The second-order valence-electron chi connectivity index (χ2n) is 4.74. The van der Waals surface area contributed by atoms with Crippen molar-refractivity contribution in [2.45, 2.75) is 19.4 Å². The highest BCUT2D eigenvalue weighted by Gasteiger charge is 2.19. The van der Waals surface area contributed by atoms with Gasteiger partial charge in [0.15, 0.2) is 6.10 Å². The second-order valence-corrected chi connectivity index (χ2v) is 5.66. The Hall–Kier alpha value is -2.85. The number of nitrogens with zero attached hydrogens (tertiary/aromatic N) is 1. The van der Waals surface area contributed by atoms with Gasteiger partial charge in [-0.1, -0.05) is 12.1 Å². The molecule has 0 aliphatic rings. The Morgan fingerprint density at radius 2 is 2.04 bits per heavy atom. The third-order valence-corrected chi connectivity index (χ3v) is 3.81. The van der Waals surface area contributed by atoms with Gasteiger partial charge in [0.2, 0.25) is 0 Å². The van der Waals surface area contributed by atoms with Crippen molar-refractivity contribution in [1.82, 2.24) is 0 Å². The largest absolute Gasteiger partial charge is 0.508 e.